The molecular weight excluding hydrogens is 176 g/mol. The maximum atomic E-state index is 8.77. The van der Waals surface area contributed by atoms with Gasteiger partial charge in [0.1, 0.15) is 0 Å². The maximum Gasteiger partial charge on any atom is 0.0445 e. The van der Waals surface area contributed by atoms with E-state index in [-0.39, 0.29) is 12.6 Å². The molecule has 3 heteroatoms. The van der Waals surface area contributed by atoms with Crippen LogP contribution in [0.4, 0.5) is 0 Å². The topological polar surface area (TPSA) is 45.1 Å². The normalized spacial score (nSPS) is 15.1. The van der Waals surface area contributed by atoms with Crippen molar-refractivity contribution in [2.75, 3.05) is 6.61 Å². The number of nitrogens with one attached hydrogen (secondary N) is 1. The lowest BCUT2D eigenvalue weighted by atomic mass is 10.1. The summed E-state index contributed by atoms with van der Waals surface area (Å²) >= 11 is 0. The summed E-state index contributed by atoms with van der Waals surface area (Å²) in [6, 6.07) is 4.60. The van der Waals surface area contributed by atoms with Crippen LogP contribution in [0.25, 0.3) is 0 Å². The molecule has 14 heavy (non-hydrogen) atoms. The Balaban J connectivity index is 2.46. The van der Waals surface area contributed by atoms with Crippen LogP contribution in [0.1, 0.15) is 31.9 Å². The Labute approximate surface area is 85.2 Å². The molecule has 3 nitrogen and oxygen atoms in total. The molecule has 0 aliphatic carbocycles. The molecule has 0 aromatic carbocycles. The van der Waals surface area contributed by atoms with Crippen LogP contribution in [0.5, 0.6) is 0 Å². The molecule has 0 aliphatic heterocycles. The highest BCUT2D eigenvalue weighted by molar-refractivity contribution is 5.12. The van der Waals surface area contributed by atoms with Gasteiger partial charge in [0.2, 0.25) is 0 Å². The summed E-state index contributed by atoms with van der Waals surface area (Å²) in [7, 11) is 0. The molecule has 78 valence electrons. The third-order valence-corrected chi connectivity index (χ3v) is 2.28. The molecule has 0 spiro atoms. The van der Waals surface area contributed by atoms with Crippen molar-refractivity contribution in [3.63, 3.8) is 0 Å². The van der Waals surface area contributed by atoms with Crippen molar-refractivity contribution in [3.05, 3.63) is 30.1 Å². The van der Waals surface area contributed by atoms with Crippen LogP contribution in [-0.4, -0.2) is 22.7 Å². The molecule has 0 saturated carbocycles. The fourth-order valence-corrected chi connectivity index (χ4v) is 1.43. The maximum absolute atomic E-state index is 8.77. The minimum atomic E-state index is 0.230. The number of hydrogen-bond donors (Lipinski definition) is 2. The van der Waals surface area contributed by atoms with Crippen molar-refractivity contribution < 1.29 is 5.11 Å². The zero-order valence-corrected chi connectivity index (χ0v) is 8.77. The van der Waals surface area contributed by atoms with Crippen LogP contribution in [-0.2, 0) is 0 Å². The SMILES string of the molecule is CC(N[C@H](C)CCO)c1cccnc1. The van der Waals surface area contributed by atoms with Gasteiger partial charge in [-0.15, -0.1) is 0 Å². The van der Waals surface area contributed by atoms with Gasteiger partial charge in [0.05, 0.1) is 0 Å². The van der Waals surface area contributed by atoms with Crippen LogP contribution >= 0.6 is 0 Å². The Morgan fingerprint density at radius 2 is 2.29 bits per heavy atom. The molecule has 2 atom stereocenters. The molecule has 1 heterocycles. The second-order valence-electron chi connectivity index (χ2n) is 3.59. The number of rotatable bonds is 5. The van der Waals surface area contributed by atoms with E-state index in [4.69, 9.17) is 5.11 Å². The summed E-state index contributed by atoms with van der Waals surface area (Å²) in [6.45, 7) is 4.40. The van der Waals surface area contributed by atoms with Crippen molar-refractivity contribution in [1.82, 2.24) is 10.3 Å². The lowest BCUT2D eigenvalue weighted by Crippen LogP contribution is -2.29. The van der Waals surface area contributed by atoms with E-state index in [2.05, 4.69) is 30.2 Å². The molecule has 1 rings (SSSR count). The molecule has 0 saturated heterocycles. The van der Waals surface area contributed by atoms with Gasteiger partial charge in [-0.2, -0.15) is 0 Å². The molecule has 2 N–H and O–H groups in total. The van der Waals surface area contributed by atoms with Crippen molar-refractivity contribution in [2.24, 2.45) is 0 Å². The third kappa shape index (κ3) is 3.44. The predicted molar refractivity (Wildman–Crippen MR) is 57.0 cm³/mol. The van der Waals surface area contributed by atoms with E-state index >= 15 is 0 Å². The first kappa shape index (κ1) is 11.1. The average molecular weight is 194 g/mol. The summed E-state index contributed by atoms with van der Waals surface area (Å²) in [6.07, 6.45) is 4.42. The van der Waals surface area contributed by atoms with Gasteiger partial charge in [-0.25, -0.2) is 0 Å². The van der Waals surface area contributed by atoms with Gasteiger partial charge < -0.3 is 10.4 Å². The smallest absolute Gasteiger partial charge is 0.0445 e. The Hall–Kier alpha value is -0.930. The first-order valence-electron chi connectivity index (χ1n) is 5.01. The number of aromatic nitrogens is 1. The first-order chi connectivity index (χ1) is 6.74. The quantitative estimate of drug-likeness (QED) is 0.746. The first-order valence-corrected chi connectivity index (χ1v) is 5.01. The van der Waals surface area contributed by atoms with E-state index in [1.165, 1.54) is 5.56 Å². The summed E-state index contributed by atoms with van der Waals surface area (Å²) in [5.41, 5.74) is 1.18. The monoisotopic (exact) mass is 194 g/mol. The number of pyridine rings is 1. The minimum absolute atomic E-state index is 0.230. The molecule has 1 unspecified atom stereocenters. The second kappa shape index (κ2) is 5.73. The number of nitrogens with zero attached hydrogens (tertiary/aromatic N) is 1. The predicted octanol–water partition coefficient (Wildman–Crippen LogP) is 1.50. The fourth-order valence-electron chi connectivity index (χ4n) is 1.43. The largest absolute Gasteiger partial charge is 0.396 e. The zero-order chi connectivity index (χ0) is 10.4. The van der Waals surface area contributed by atoms with E-state index in [9.17, 15) is 0 Å². The summed E-state index contributed by atoms with van der Waals surface area (Å²) in [5, 5.41) is 12.2. The fraction of sp³-hybridized carbons (Fsp3) is 0.545. The van der Waals surface area contributed by atoms with Crippen LogP contribution in [0.3, 0.4) is 0 Å². The second-order valence-corrected chi connectivity index (χ2v) is 3.59. The van der Waals surface area contributed by atoms with Gasteiger partial charge in [0.15, 0.2) is 0 Å². The van der Waals surface area contributed by atoms with Gasteiger partial charge >= 0.3 is 0 Å². The Morgan fingerprint density at radius 3 is 2.86 bits per heavy atom. The number of aliphatic hydroxyl groups excluding tert-OH is 1. The van der Waals surface area contributed by atoms with Crippen molar-refractivity contribution in [1.29, 1.82) is 0 Å². The minimum Gasteiger partial charge on any atom is -0.396 e. The Kier molecular flexibility index (Phi) is 4.56. The van der Waals surface area contributed by atoms with E-state index in [1.54, 1.807) is 6.20 Å². The van der Waals surface area contributed by atoms with Crippen LogP contribution in [0, 0.1) is 0 Å². The Bertz CT molecular complexity index is 251. The molecule has 1 aromatic heterocycles. The van der Waals surface area contributed by atoms with Crippen molar-refractivity contribution in [2.45, 2.75) is 32.4 Å². The summed E-state index contributed by atoms with van der Waals surface area (Å²) < 4.78 is 0. The molecular formula is C11H18N2O. The summed E-state index contributed by atoms with van der Waals surface area (Å²) in [5.74, 6) is 0. The molecule has 0 bridgehead atoms. The molecule has 0 amide bonds. The van der Waals surface area contributed by atoms with Gasteiger partial charge in [0.25, 0.3) is 0 Å². The van der Waals surface area contributed by atoms with Gasteiger partial charge in [-0.3, -0.25) is 4.98 Å². The number of hydrogen-bond acceptors (Lipinski definition) is 3. The zero-order valence-electron chi connectivity index (χ0n) is 8.77. The lowest BCUT2D eigenvalue weighted by molar-refractivity contribution is 0.264. The average Bonchev–Trinajstić information content (AvgIpc) is 2.19. The van der Waals surface area contributed by atoms with Gasteiger partial charge in [0, 0.05) is 31.1 Å². The van der Waals surface area contributed by atoms with E-state index in [1.807, 2.05) is 12.3 Å². The van der Waals surface area contributed by atoms with E-state index in [0.29, 0.717) is 6.04 Å². The van der Waals surface area contributed by atoms with Gasteiger partial charge in [-0.1, -0.05) is 6.07 Å². The van der Waals surface area contributed by atoms with E-state index < -0.39 is 0 Å². The molecule has 0 aliphatic rings. The lowest BCUT2D eigenvalue weighted by Gasteiger charge is -2.19. The van der Waals surface area contributed by atoms with Gasteiger partial charge in [-0.05, 0) is 31.9 Å². The molecule has 0 radical (unpaired) electrons. The van der Waals surface area contributed by atoms with Crippen LogP contribution < -0.4 is 5.32 Å². The molecule has 0 fully saturated rings. The van der Waals surface area contributed by atoms with Crippen molar-refractivity contribution in [3.8, 4) is 0 Å². The highest BCUT2D eigenvalue weighted by atomic mass is 16.3. The highest BCUT2D eigenvalue weighted by Crippen LogP contribution is 2.11. The van der Waals surface area contributed by atoms with Crippen molar-refractivity contribution >= 4 is 0 Å². The van der Waals surface area contributed by atoms with Crippen LogP contribution in [0.15, 0.2) is 24.5 Å². The summed E-state index contributed by atoms with van der Waals surface area (Å²) in [4.78, 5) is 4.07. The molecule has 1 aromatic rings. The standard InChI is InChI=1S/C11H18N2O/c1-9(5-7-14)13-10(2)11-4-3-6-12-8-11/h3-4,6,8-10,13-14H,5,7H2,1-2H3/t9-,10?/m1/s1. The third-order valence-electron chi connectivity index (χ3n) is 2.28. The van der Waals surface area contributed by atoms with E-state index in [0.717, 1.165) is 6.42 Å². The van der Waals surface area contributed by atoms with Crippen LogP contribution in [0.2, 0.25) is 0 Å². The number of aliphatic hydroxyl groups is 1. The Morgan fingerprint density at radius 1 is 1.50 bits per heavy atom. The highest BCUT2D eigenvalue weighted by Gasteiger charge is 2.08.